The van der Waals surface area contributed by atoms with Gasteiger partial charge in [-0.15, -0.1) is 0 Å². The molecule has 0 saturated heterocycles. The maximum Gasteiger partial charge on any atom is 0.165 e. The Kier molecular flexibility index (Phi) is 4.08. The van der Waals surface area contributed by atoms with Gasteiger partial charge in [0.2, 0.25) is 0 Å². The molecule has 0 aliphatic carbocycles. The van der Waals surface area contributed by atoms with Crippen molar-refractivity contribution >= 4 is 11.6 Å². The van der Waals surface area contributed by atoms with E-state index in [1.165, 1.54) is 13.2 Å². The molecule has 2 aromatic carbocycles. The summed E-state index contributed by atoms with van der Waals surface area (Å²) in [4.78, 5) is 0. The number of nitrogens with two attached hydrogens (primary N) is 1. The van der Waals surface area contributed by atoms with Crippen LogP contribution in [0.1, 0.15) is 22.7 Å². The van der Waals surface area contributed by atoms with E-state index in [0.717, 1.165) is 11.1 Å². The van der Waals surface area contributed by atoms with Crippen LogP contribution in [0.2, 0.25) is 5.02 Å². The molecule has 1 atom stereocenters. The standard InChI is InChI=1S/C15H15ClFNO/c1-9-3-5-11(12(16)7-9)15(18)10-4-6-14(19-2)13(17)8-10/h3-8,15H,18H2,1-2H3. The number of methoxy groups -OCH3 is 1. The molecule has 0 aliphatic heterocycles. The molecular formula is C15H15ClFNO. The summed E-state index contributed by atoms with van der Waals surface area (Å²) in [5.74, 6) is -0.232. The number of rotatable bonds is 3. The van der Waals surface area contributed by atoms with Gasteiger partial charge in [-0.05, 0) is 41.8 Å². The molecule has 100 valence electrons. The molecule has 0 spiro atoms. The molecule has 0 amide bonds. The topological polar surface area (TPSA) is 35.2 Å². The average Bonchev–Trinajstić information content (AvgIpc) is 2.38. The maximum atomic E-state index is 13.7. The van der Waals surface area contributed by atoms with Crippen molar-refractivity contribution in [3.05, 3.63) is 63.9 Å². The fourth-order valence-electron chi connectivity index (χ4n) is 1.94. The van der Waals surface area contributed by atoms with Gasteiger partial charge in [0.25, 0.3) is 0 Å². The molecule has 2 aromatic rings. The molecule has 4 heteroatoms. The van der Waals surface area contributed by atoms with Crippen molar-refractivity contribution in [2.75, 3.05) is 7.11 Å². The largest absolute Gasteiger partial charge is 0.494 e. The summed E-state index contributed by atoms with van der Waals surface area (Å²) in [6.07, 6.45) is 0. The van der Waals surface area contributed by atoms with Gasteiger partial charge < -0.3 is 10.5 Å². The van der Waals surface area contributed by atoms with Gasteiger partial charge in [-0.3, -0.25) is 0 Å². The maximum absolute atomic E-state index is 13.7. The van der Waals surface area contributed by atoms with Crippen LogP contribution in [0.5, 0.6) is 5.75 Å². The highest BCUT2D eigenvalue weighted by molar-refractivity contribution is 6.31. The summed E-state index contributed by atoms with van der Waals surface area (Å²) < 4.78 is 18.6. The van der Waals surface area contributed by atoms with Gasteiger partial charge in [-0.25, -0.2) is 4.39 Å². The Morgan fingerprint density at radius 1 is 1.21 bits per heavy atom. The Hall–Kier alpha value is -1.58. The zero-order valence-corrected chi connectivity index (χ0v) is 11.5. The second-order valence-electron chi connectivity index (χ2n) is 4.40. The molecule has 19 heavy (non-hydrogen) atoms. The Labute approximate surface area is 117 Å². The van der Waals surface area contributed by atoms with Gasteiger partial charge in [0, 0.05) is 5.02 Å². The lowest BCUT2D eigenvalue weighted by molar-refractivity contribution is 0.386. The van der Waals surface area contributed by atoms with Crippen molar-refractivity contribution in [3.63, 3.8) is 0 Å². The summed E-state index contributed by atoms with van der Waals surface area (Å²) in [5.41, 5.74) is 8.62. The Bertz CT molecular complexity index is 601. The highest BCUT2D eigenvalue weighted by Gasteiger charge is 2.14. The summed E-state index contributed by atoms with van der Waals surface area (Å²) in [7, 11) is 1.43. The minimum Gasteiger partial charge on any atom is -0.494 e. The molecule has 0 heterocycles. The van der Waals surface area contributed by atoms with Crippen LogP contribution >= 0.6 is 11.6 Å². The first-order chi connectivity index (χ1) is 9.02. The lowest BCUT2D eigenvalue weighted by Crippen LogP contribution is -2.12. The van der Waals surface area contributed by atoms with E-state index in [4.69, 9.17) is 22.1 Å². The van der Waals surface area contributed by atoms with Crippen molar-refractivity contribution < 1.29 is 9.13 Å². The molecule has 0 radical (unpaired) electrons. The van der Waals surface area contributed by atoms with Crippen molar-refractivity contribution in [2.24, 2.45) is 5.73 Å². The van der Waals surface area contributed by atoms with Crippen molar-refractivity contribution in [1.29, 1.82) is 0 Å². The molecule has 0 saturated carbocycles. The number of hydrogen-bond donors (Lipinski definition) is 1. The quantitative estimate of drug-likeness (QED) is 0.926. The molecule has 0 fully saturated rings. The molecule has 2 nitrogen and oxygen atoms in total. The molecule has 0 aliphatic rings. The van der Waals surface area contributed by atoms with Crippen molar-refractivity contribution in [2.45, 2.75) is 13.0 Å². The second-order valence-corrected chi connectivity index (χ2v) is 4.80. The molecule has 2 rings (SSSR count). The summed E-state index contributed by atoms with van der Waals surface area (Å²) >= 11 is 6.17. The zero-order chi connectivity index (χ0) is 14.0. The summed E-state index contributed by atoms with van der Waals surface area (Å²) in [6.45, 7) is 1.95. The third-order valence-corrected chi connectivity index (χ3v) is 3.35. The van der Waals surface area contributed by atoms with Crippen LogP contribution < -0.4 is 10.5 Å². The van der Waals surface area contributed by atoms with Gasteiger partial charge in [-0.1, -0.05) is 29.8 Å². The van der Waals surface area contributed by atoms with E-state index < -0.39 is 11.9 Å². The van der Waals surface area contributed by atoms with E-state index in [1.807, 2.05) is 25.1 Å². The number of halogens is 2. The number of hydrogen-bond acceptors (Lipinski definition) is 2. The second kappa shape index (κ2) is 5.59. The van der Waals surface area contributed by atoms with Gasteiger partial charge in [-0.2, -0.15) is 0 Å². The van der Waals surface area contributed by atoms with Gasteiger partial charge >= 0.3 is 0 Å². The average molecular weight is 280 g/mol. The smallest absolute Gasteiger partial charge is 0.165 e. The van der Waals surface area contributed by atoms with E-state index in [2.05, 4.69) is 0 Å². The van der Waals surface area contributed by atoms with Crippen LogP contribution in [-0.2, 0) is 0 Å². The van der Waals surface area contributed by atoms with E-state index in [0.29, 0.717) is 10.6 Å². The highest BCUT2D eigenvalue weighted by atomic mass is 35.5. The lowest BCUT2D eigenvalue weighted by atomic mass is 9.98. The van der Waals surface area contributed by atoms with Crippen molar-refractivity contribution in [1.82, 2.24) is 0 Å². The third-order valence-electron chi connectivity index (χ3n) is 3.03. The number of benzene rings is 2. The van der Waals surface area contributed by atoms with Crippen LogP contribution in [0.25, 0.3) is 0 Å². The first-order valence-corrected chi connectivity index (χ1v) is 6.26. The summed E-state index contributed by atoms with van der Waals surface area (Å²) in [6, 6.07) is 9.85. The van der Waals surface area contributed by atoms with E-state index in [-0.39, 0.29) is 5.75 Å². The third kappa shape index (κ3) is 2.88. The normalized spacial score (nSPS) is 12.3. The predicted octanol–water partition coefficient (Wildman–Crippen LogP) is 3.84. The van der Waals surface area contributed by atoms with Crippen LogP contribution in [0, 0.1) is 12.7 Å². The molecule has 1 unspecified atom stereocenters. The first kappa shape index (κ1) is 13.8. The van der Waals surface area contributed by atoms with Gasteiger partial charge in [0.1, 0.15) is 0 Å². The molecule has 2 N–H and O–H groups in total. The first-order valence-electron chi connectivity index (χ1n) is 5.88. The van der Waals surface area contributed by atoms with Crippen LogP contribution in [0.15, 0.2) is 36.4 Å². The fourth-order valence-corrected chi connectivity index (χ4v) is 2.29. The van der Waals surface area contributed by atoms with Crippen LogP contribution in [0.4, 0.5) is 4.39 Å². The van der Waals surface area contributed by atoms with Gasteiger partial charge in [0.05, 0.1) is 13.2 Å². The summed E-state index contributed by atoms with van der Waals surface area (Å²) in [5, 5.41) is 0.587. The van der Waals surface area contributed by atoms with E-state index in [1.54, 1.807) is 12.1 Å². The van der Waals surface area contributed by atoms with Gasteiger partial charge in [0.15, 0.2) is 11.6 Å². The van der Waals surface area contributed by atoms with E-state index >= 15 is 0 Å². The minimum absolute atomic E-state index is 0.200. The molecule has 0 bridgehead atoms. The number of aryl methyl sites for hydroxylation is 1. The molecular weight excluding hydrogens is 265 g/mol. The monoisotopic (exact) mass is 279 g/mol. The minimum atomic E-state index is -0.464. The fraction of sp³-hybridized carbons (Fsp3) is 0.200. The zero-order valence-electron chi connectivity index (χ0n) is 10.8. The van der Waals surface area contributed by atoms with Crippen LogP contribution in [-0.4, -0.2) is 7.11 Å². The van der Waals surface area contributed by atoms with E-state index in [9.17, 15) is 4.39 Å². The highest BCUT2D eigenvalue weighted by Crippen LogP contribution is 2.29. The number of ether oxygens (including phenoxy) is 1. The predicted molar refractivity (Wildman–Crippen MR) is 75.2 cm³/mol. The Balaban J connectivity index is 2.38. The van der Waals surface area contributed by atoms with Crippen LogP contribution in [0.3, 0.4) is 0 Å². The van der Waals surface area contributed by atoms with Crippen molar-refractivity contribution in [3.8, 4) is 5.75 Å². The SMILES string of the molecule is COc1ccc(C(N)c2ccc(C)cc2Cl)cc1F. The Morgan fingerprint density at radius 3 is 2.53 bits per heavy atom. The molecule has 0 aromatic heterocycles. The Morgan fingerprint density at radius 2 is 1.95 bits per heavy atom. The lowest BCUT2D eigenvalue weighted by Gasteiger charge is -2.15.